The zero-order valence-electron chi connectivity index (χ0n) is 11.5. The molecular weight excluding hydrogens is 314 g/mol. The van der Waals surface area contributed by atoms with Gasteiger partial charge in [-0.25, -0.2) is 8.42 Å². The molecule has 0 unspecified atom stereocenters. The van der Waals surface area contributed by atoms with Crippen LogP contribution in [0, 0.1) is 0 Å². The number of hydrogen-bond acceptors (Lipinski definition) is 4. The molecule has 0 aliphatic rings. The van der Waals surface area contributed by atoms with Crippen LogP contribution in [0.4, 0.5) is 5.69 Å². The van der Waals surface area contributed by atoms with Gasteiger partial charge in [-0.15, -0.1) is 0 Å². The maximum Gasteiger partial charge on any atom is 0.261 e. The number of methoxy groups -OCH3 is 2. The van der Waals surface area contributed by atoms with Crippen LogP contribution in [0.1, 0.15) is 0 Å². The van der Waals surface area contributed by atoms with Crippen molar-refractivity contribution in [3.05, 3.63) is 47.5 Å². The monoisotopic (exact) mass is 327 g/mol. The quantitative estimate of drug-likeness (QED) is 0.916. The Morgan fingerprint density at radius 3 is 2.10 bits per heavy atom. The number of benzene rings is 2. The van der Waals surface area contributed by atoms with Crippen LogP contribution in [-0.4, -0.2) is 22.6 Å². The summed E-state index contributed by atoms with van der Waals surface area (Å²) in [5, 5.41) is 0.285. The van der Waals surface area contributed by atoms with E-state index in [1.807, 2.05) is 0 Å². The standard InChI is InChI=1S/C14H14ClNO4S/c1-19-10-3-6-12(7-4-10)21(17,18)16-14-9-11(20-2)5-8-13(14)15/h3-9,16H,1-2H3. The van der Waals surface area contributed by atoms with Gasteiger partial charge in [0, 0.05) is 6.07 Å². The highest BCUT2D eigenvalue weighted by atomic mass is 35.5. The van der Waals surface area contributed by atoms with Gasteiger partial charge in [0.2, 0.25) is 0 Å². The first-order chi connectivity index (χ1) is 9.96. The number of ether oxygens (including phenoxy) is 2. The minimum Gasteiger partial charge on any atom is -0.497 e. The van der Waals surface area contributed by atoms with Crippen LogP contribution >= 0.6 is 11.6 Å². The molecule has 0 atom stereocenters. The molecule has 7 heteroatoms. The normalized spacial score (nSPS) is 11.0. The molecule has 0 bridgehead atoms. The summed E-state index contributed by atoms with van der Waals surface area (Å²) in [6.45, 7) is 0. The van der Waals surface area contributed by atoms with Crippen LogP contribution in [0.25, 0.3) is 0 Å². The maximum absolute atomic E-state index is 12.3. The van der Waals surface area contributed by atoms with Gasteiger partial charge in [0.25, 0.3) is 10.0 Å². The number of nitrogens with one attached hydrogen (secondary N) is 1. The highest BCUT2D eigenvalue weighted by Gasteiger charge is 2.16. The molecule has 5 nitrogen and oxygen atoms in total. The molecule has 1 N–H and O–H groups in total. The van der Waals surface area contributed by atoms with Crippen molar-refractivity contribution in [3.63, 3.8) is 0 Å². The molecule has 0 saturated carbocycles. The minimum absolute atomic E-state index is 0.113. The fourth-order valence-corrected chi connectivity index (χ4v) is 2.96. The van der Waals surface area contributed by atoms with Gasteiger partial charge in [0.05, 0.1) is 29.8 Å². The lowest BCUT2D eigenvalue weighted by molar-refractivity contribution is 0.414. The summed E-state index contributed by atoms with van der Waals surface area (Å²) >= 11 is 5.99. The third-order valence-corrected chi connectivity index (χ3v) is 4.50. The Labute approximate surface area is 128 Å². The summed E-state index contributed by atoms with van der Waals surface area (Å²) < 4.78 is 37.1. The molecule has 2 aromatic rings. The first-order valence-electron chi connectivity index (χ1n) is 5.96. The van der Waals surface area contributed by atoms with E-state index in [1.54, 1.807) is 24.3 Å². The lowest BCUT2D eigenvalue weighted by Crippen LogP contribution is -2.13. The fourth-order valence-electron chi connectivity index (χ4n) is 1.67. The van der Waals surface area contributed by atoms with Crippen molar-refractivity contribution >= 4 is 27.3 Å². The molecule has 0 aliphatic carbocycles. The predicted octanol–water partition coefficient (Wildman–Crippen LogP) is 3.16. The van der Waals surface area contributed by atoms with E-state index in [4.69, 9.17) is 21.1 Å². The second-order valence-electron chi connectivity index (χ2n) is 4.13. The van der Waals surface area contributed by atoms with Crippen molar-refractivity contribution in [2.24, 2.45) is 0 Å². The Hall–Kier alpha value is -1.92. The number of anilines is 1. The molecule has 2 rings (SSSR count). The molecular formula is C14H14ClNO4S. The average Bonchev–Trinajstić information content (AvgIpc) is 2.49. The number of sulfonamides is 1. The van der Waals surface area contributed by atoms with E-state index in [9.17, 15) is 8.42 Å². The smallest absolute Gasteiger partial charge is 0.261 e. The third kappa shape index (κ3) is 3.59. The molecule has 0 amide bonds. The van der Waals surface area contributed by atoms with E-state index in [0.29, 0.717) is 11.5 Å². The highest BCUT2D eigenvalue weighted by Crippen LogP contribution is 2.29. The molecule has 112 valence electrons. The lowest BCUT2D eigenvalue weighted by atomic mass is 10.3. The molecule has 2 aromatic carbocycles. The Morgan fingerprint density at radius 1 is 0.952 bits per heavy atom. The molecule has 0 radical (unpaired) electrons. The van der Waals surface area contributed by atoms with Gasteiger partial charge in [0.15, 0.2) is 0 Å². The summed E-state index contributed by atoms with van der Waals surface area (Å²) in [5.41, 5.74) is 0.256. The van der Waals surface area contributed by atoms with Gasteiger partial charge in [-0.1, -0.05) is 11.6 Å². The number of rotatable bonds is 5. The Morgan fingerprint density at radius 2 is 1.52 bits per heavy atom. The van der Waals surface area contributed by atoms with Crippen LogP contribution in [0.2, 0.25) is 5.02 Å². The van der Waals surface area contributed by atoms with Crippen molar-refractivity contribution in [1.82, 2.24) is 0 Å². The fraction of sp³-hybridized carbons (Fsp3) is 0.143. The topological polar surface area (TPSA) is 64.6 Å². The van der Waals surface area contributed by atoms with Crippen molar-refractivity contribution in [3.8, 4) is 11.5 Å². The SMILES string of the molecule is COc1ccc(S(=O)(=O)Nc2cc(OC)ccc2Cl)cc1. The summed E-state index contributed by atoms with van der Waals surface area (Å²) in [6.07, 6.45) is 0. The van der Waals surface area contributed by atoms with Crippen LogP contribution in [0.15, 0.2) is 47.4 Å². The van der Waals surface area contributed by atoms with E-state index in [0.717, 1.165) is 0 Å². The van der Waals surface area contributed by atoms with Crippen LogP contribution < -0.4 is 14.2 Å². The van der Waals surface area contributed by atoms with Crippen LogP contribution in [0.5, 0.6) is 11.5 Å². The highest BCUT2D eigenvalue weighted by molar-refractivity contribution is 7.92. The first-order valence-corrected chi connectivity index (χ1v) is 7.83. The van der Waals surface area contributed by atoms with Gasteiger partial charge < -0.3 is 9.47 Å². The number of hydrogen-bond donors (Lipinski definition) is 1. The van der Waals surface area contributed by atoms with Gasteiger partial charge in [-0.3, -0.25) is 4.72 Å². The second kappa shape index (κ2) is 6.24. The molecule has 0 aliphatic heterocycles. The van der Waals surface area contributed by atoms with Gasteiger partial charge in [-0.05, 0) is 36.4 Å². The van der Waals surface area contributed by atoms with Crippen LogP contribution in [-0.2, 0) is 10.0 Å². The van der Waals surface area contributed by atoms with Crippen molar-refractivity contribution < 1.29 is 17.9 Å². The van der Waals surface area contributed by atoms with Gasteiger partial charge >= 0.3 is 0 Å². The van der Waals surface area contributed by atoms with E-state index >= 15 is 0 Å². The molecule has 0 spiro atoms. The summed E-state index contributed by atoms with van der Waals surface area (Å²) in [5.74, 6) is 1.08. The molecule has 0 saturated heterocycles. The van der Waals surface area contributed by atoms with Crippen molar-refractivity contribution in [2.45, 2.75) is 4.90 Å². The molecule has 21 heavy (non-hydrogen) atoms. The van der Waals surface area contributed by atoms with E-state index in [1.165, 1.54) is 32.4 Å². The van der Waals surface area contributed by atoms with Gasteiger partial charge in [-0.2, -0.15) is 0 Å². The molecule has 0 heterocycles. The second-order valence-corrected chi connectivity index (χ2v) is 6.22. The summed E-state index contributed by atoms with van der Waals surface area (Å²) in [4.78, 5) is 0.113. The van der Waals surface area contributed by atoms with Gasteiger partial charge in [0.1, 0.15) is 11.5 Å². The van der Waals surface area contributed by atoms with E-state index in [-0.39, 0.29) is 15.6 Å². The van der Waals surface area contributed by atoms with Crippen LogP contribution in [0.3, 0.4) is 0 Å². The maximum atomic E-state index is 12.3. The zero-order valence-corrected chi connectivity index (χ0v) is 13.0. The van der Waals surface area contributed by atoms with Crippen molar-refractivity contribution in [1.29, 1.82) is 0 Å². The Bertz CT molecular complexity index is 729. The van der Waals surface area contributed by atoms with E-state index in [2.05, 4.69) is 4.72 Å². The molecule has 0 fully saturated rings. The summed E-state index contributed by atoms with van der Waals surface area (Å²) in [6, 6.07) is 10.8. The lowest BCUT2D eigenvalue weighted by Gasteiger charge is -2.11. The largest absolute Gasteiger partial charge is 0.497 e. The predicted molar refractivity (Wildman–Crippen MR) is 81.8 cm³/mol. The Kier molecular flexibility index (Phi) is 4.59. The zero-order chi connectivity index (χ0) is 15.5. The van der Waals surface area contributed by atoms with E-state index < -0.39 is 10.0 Å². The third-order valence-electron chi connectivity index (χ3n) is 2.79. The van der Waals surface area contributed by atoms with Crippen molar-refractivity contribution in [2.75, 3.05) is 18.9 Å². The minimum atomic E-state index is -3.73. The first kappa shape index (κ1) is 15.5. The summed E-state index contributed by atoms with van der Waals surface area (Å²) in [7, 11) is -0.729. The molecule has 0 aromatic heterocycles. The Balaban J connectivity index is 2.32. The average molecular weight is 328 g/mol. The number of halogens is 1.